The van der Waals surface area contributed by atoms with E-state index in [-0.39, 0.29) is 0 Å². The van der Waals surface area contributed by atoms with E-state index in [4.69, 9.17) is 0 Å². The number of anilines is 2. The summed E-state index contributed by atoms with van der Waals surface area (Å²) in [5, 5.41) is 25.4. The minimum Gasteiger partial charge on any atom is -0.373 e. The molecule has 1 atom stereocenters. The Morgan fingerprint density at radius 2 is 1.72 bits per heavy atom. The summed E-state index contributed by atoms with van der Waals surface area (Å²) in [6, 6.07) is 9.86. The number of hydrogen-bond donors (Lipinski definition) is 1. The average molecular weight is 504 g/mol. The average Bonchev–Trinajstić information content (AvgIpc) is 3.06. The van der Waals surface area contributed by atoms with E-state index in [0.717, 1.165) is 75.0 Å². The highest BCUT2D eigenvalue weighted by atomic mass is 32.1. The topological polar surface area (TPSA) is 82.2 Å². The third-order valence-corrected chi connectivity index (χ3v) is 9.18. The molecule has 36 heavy (non-hydrogen) atoms. The Balaban J connectivity index is 1.18. The second kappa shape index (κ2) is 12.1. The Kier molecular flexibility index (Phi) is 8.38. The molecule has 3 aliphatic heterocycles. The van der Waals surface area contributed by atoms with Gasteiger partial charge >= 0.3 is 0 Å². The number of pyridine rings is 1. The second-order valence-electron chi connectivity index (χ2n) is 10.5. The van der Waals surface area contributed by atoms with Crippen LogP contribution in [0.5, 0.6) is 0 Å². The minimum absolute atomic E-state index is 0.352. The molecule has 1 N–H and O–H groups in total. The number of hydrogen-bond acceptors (Lipinski definition) is 8. The van der Waals surface area contributed by atoms with E-state index in [0.29, 0.717) is 23.2 Å². The van der Waals surface area contributed by atoms with Crippen molar-refractivity contribution in [3.8, 4) is 12.1 Å². The molecule has 1 unspecified atom stereocenters. The molecule has 0 radical (unpaired) electrons. The van der Waals surface area contributed by atoms with Crippen LogP contribution in [0.15, 0.2) is 24.5 Å². The van der Waals surface area contributed by atoms with Gasteiger partial charge in [-0.2, -0.15) is 10.5 Å². The van der Waals surface area contributed by atoms with Gasteiger partial charge in [-0.25, -0.2) is 0 Å². The first-order valence-electron chi connectivity index (χ1n) is 13.6. The van der Waals surface area contributed by atoms with Crippen LogP contribution >= 0.6 is 11.3 Å². The molecule has 2 aromatic rings. The van der Waals surface area contributed by atoms with Crippen LogP contribution in [0.25, 0.3) is 0 Å². The highest BCUT2D eigenvalue weighted by molar-refractivity contribution is 7.20. The molecule has 0 amide bonds. The Morgan fingerprint density at radius 1 is 0.944 bits per heavy atom. The lowest BCUT2D eigenvalue weighted by atomic mass is 9.98. The molecule has 0 bridgehead atoms. The van der Waals surface area contributed by atoms with Crippen LogP contribution in [0, 0.1) is 22.7 Å². The van der Waals surface area contributed by atoms with Crippen molar-refractivity contribution in [2.75, 3.05) is 49.5 Å². The summed E-state index contributed by atoms with van der Waals surface area (Å²) in [6.45, 7) is 7.41. The van der Waals surface area contributed by atoms with Gasteiger partial charge in [-0.15, -0.1) is 0 Å². The van der Waals surface area contributed by atoms with Crippen molar-refractivity contribution in [1.82, 2.24) is 14.8 Å². The van der Waals surface area contributed by atoms with Crippen LogP contribution in [0.1, 0.15) is 68.1 Å². The number of thiophene rings is 1. The molecule has 0 spiro atoms. The monoisotopic (exact) mass is 503 g/mol. The van der Waals surface area contributed by atoms with Gasteiger partial charge in [-0.05, 0) is 56.7 Å². The molecule has 8 heteroatoms. The van der Waals surface area contributed by atoms with Crippen molar-refractivity contribution < 1.29 is 0 Å². The smallest absolute Gasteiger partial charge is 0.112 e. The minimum atomic E-state index is 0.352. The summed E-state index contributed by atoms with van der Waals surface area (Å²) in [4.78, 5) is 11.9. The second-order valence-corrected chi connectivity index (χ2v) is 11.5. The Morgan fingerprint density at radius 3 is 2.42 bits per heavy atom. The van der Waals surface area contributed by atoms with E-state index in [2.05, 4.69) is 43.2 Å². The zero-order valence-electron chi connectivity index (χ0n) is 21.2. The van der Waals surface area contributed by atoms with Gasteiger partial charge in [0.1, 0.15) is 33.3 Å². The highest BCUT2D eigenvalue weighted by Crippen LogP contribution is 2.41. The third kappa shape index (κ3) is 5.83. The van der Waals surface area contributed by atoms with E-state index in [1.165, 1.54) is 37.8 Å². The summed E-state index contributed by atoms with van der Waals surface area (Å²) >= 11 is 1.62. The summed E-state index contributed by atoms with van der Waals surface area (Å²) in [6.07, 6.45) is 13.3. The lowest BCUT2D eigenvalue weighted by molar-refractivity contribution is 0.0766. The number of likely N-dealkylation sites (tertiary alicyclic amines) is 2. The van der Waals surface area contributed by atoms with E-state index in [1.54, 1.807) is 11.3 Å². The normalized spacial score (nSPS) is 22.5. The molecule has 3 fully saturated rings. The molecule has 0 saturated carbocycles. The lowest BCUT2D eigenvalue weighted by Crippen LogP contribution is -2.51. The van der Waals surface area contributed by atoms with Gasteiger partial charge in [0.2, 0.25) is 0 Å². The van der Waals surface area contributed by atoms with Crippen molar-refractivity contribution in [1.29, 1.82) is 10.5 Å². The van der Waals surface area contributed by atoms with Gasteiger partial charge in [-0.3, -0.25) is 14.8 Å². The third-order valence-electron chi connectivity index (χ3n) is 8.00. The quantitative estimate of drug-likeness (QED) is 0.606. The molecule has 0 aromatic carbocycles. The van der Waals surface area contributed by atoms with Crippen LogP contribution in [0.3, 0.4) is 0 Å². The predicted octanol–water partition coefficient (Wildman–Crippen LogP) is 4.81. The van der Waals surface area contributed by atoms with Crippen LogP contribution in [0.2, 0.25) is 0 Å². The highest BCUT2D eigenvalue weighted by Gasteiger charge is 2.30. The van der Waals surface area contributed by atoms with Crippen LogP contribution in [0.4, 0.5) is 10.0 Å². The molecule has 5 heterocycles. The van der Waals surface area contributed by atoms with Gasteiger partial charge in [0.15, 0.2) is 0 Å². The zero-order chi connectivity index (χ0) is 24.7. The number of rotatable bonds is 6. The van der Waals surface area contributed by atoms with Crippen LogP contribution < -0.4 is 10.2 Å². The molecular formula is C28H37N7S. The maximum atomic E-state index is 9.90. The molecule has 3 saturated heterocycles. The lowest BCUT2D eigenvalue weighted by Gasteiger charge is -2.42. The first-order chi connectivity index (χ1) is 17.7. The Bertz CT molecular complexity index is 1070. The molecule has 190 valence electrons. The standard InChI is InChI=1S/C28H37N7S/c29-17-25-26(18-30)28(35-13-3-1-2-4-14-35)36-27(25)32-23-9-15-34(16-10-23)24-8-6-12-33(21-24)20-22-7-5-11-31-19-22/h5,7,11,19,23-24,32H,1-4,6,8-10,12-16,20-21H2. The summed E-state index contributed by atoms with van der Waals surface area (Å²) in [5.41, 5.74) is 2.41. The van der Waals surface area contributed by atoms with Gasteiger partial charge in [0.25, 0.3) is 0 Å². The summed E-state index contributed by atoms with van der Waals surface area (Å²) < 4.78 is 0. The van der Waals surface area contributed by atoms with Gasteiger partial charge in [0.05, 0.1) is 0 Å². The van der Waals surface area contributed by atoms with Crippen molar-refractivity contribution >= 4 is 21.3 Å². The van der Waals surface area contributed by atoms with E-state index >= 15 is 0 Å². The van der Waals surface area contributed by atoms with Crippen molar-refractivity contribution in [2.24, 2.45) is 0 Å². The van der Waals surface area contributed by atoms with E-state index < -0.39 is 0 Å². The molecule has 7 nitrogen and oxygen atoms in total. The van der Waals surface area contributed by atoms with Crippen LogP contribution in [-0.4, -0.2) is 66.1 Å². The number of nitrogens with one attached hydrogen (secondary N) is 1. The predicted molar refractivity (Wildman–Crippen MR) is 145 cm³/mol. The summed E-state index contributed by atoms with van der Waals surface area (Å²) in [7, 11) is 0. The number of aromatic nitrogens is 1. The summed E-state index contributed by atoms with van der Waals surface area (Å²) in [5.74, 6) is 0. The molecule has 5 rings (SSSR count). The Labute approximate surface area is 219 Å². The molecule has 0 aliphatic carbocycles. The van der Waals surface area contributed by atoms with E-state index in [9.17, 15) is 10.5 Å². The number of nitriles is 2. The number of nitrogens with zero attached hydrogens (tertiary/aromatic N) is 6. The van der Waals surface area contributed by atoms with Crippen molar-refractivity contribution in [3.05, 3.63) is 41.2 Å². The molecule has 3 aliphatic rings. The fourth-order valence-electron chi connectivity index (χ4n) is 6.04. The van der Waals surface area contributed by atoms with Crippen molar-refractivity contribution in [3.63, 3.8) is 0 Å². The Hall–Kier alpha value is -2.65. The first-order valence-corrected chi connectivity index (χ1v) is 14.4. The van der Waals surface area contributed by atoms with Gasteiger partial charge in [-0.1, -0.05) is 30.2 Å². The fraction of sp³-hybridized carbons (Fsp3) is 0.607. The maximum absolute atomic E-state index is 9.90. The molecule has 2 aromatic heterocycles. The largest absolute Gasteiger partial charge is 0.373 e. The van der Waals surface area contributed by atoms with E-state index in [1.807, 2.05) is 18.5 Å². The fourth-order valence-corrected chi connectivity index (χ4v) is 7.27. The maximum Gasteiger partial charge on any atom is 0.112 e. The SMILES string of the molecule is N#Cc1c(NC2CCN(C3CCCN(Cc4cccnc4)C3)CC2)sc(N2CCCCCC2)c1C#N. The van der Waals surface area contributed by atoms with Crippen molar-refractivity contribution in [2.45, 2.75) is 70.0 Å². The zero-order valence-corrected chi connectivity index (χ0v) is 22.0. The van der Waals surface area contributed by atoms with Gasteiger partial charge < -0.3 is 10.2 Å². The first kappa shape index (κ1) is 25.0. The van der Waals surface area contributed by atoms with Crippen LogP contribution in [-0.2, 0) is 6.54 Å². The van der Waals surface area contributed by atoms with Gasteiger partial charge in [0, 0.05) is 63.7 Å². The number of piperidine rings is 2. The molecular weight excluding hydrogens is 466 g/mol.